The lowest BCUT2D eigenvalue weighted by molar-refractivity contribution is -0.140. The summed E-state index contributed by atoms with van der Waals surface area (Å²) in [6.07, 6.45) is 0.389. The minimum atomic E-state index is -0.741. The Balaban J connectivity index is 0. The van der Waals surface area contributed by atoms with Gasteiger partial charge in [0.05, 0.1) is 5.92 Å². The molecule has 58 valence electrons. The quantitative estimate of drug-likeness (QED) is 0.443. The molecule has 0 rings (SSSR count). The van der Waals surface area contributed by atoms with Crippen LogP contribution < -0.4 is 0 Å². The van der Waals surface area contributed by atoms with Crippen molar-refractivity contribution in [3.8, 4) is 0 Å². The Morgan fingerprint density at radius 1 is 1.30 bits per heavy atom. The number of rotatable bonds is 2. The minimum Gasteiger partial charge on any atom is -0.481 e. The molecule has 0 aliphatic heterocycles. The smallest absolute Gasteiger partial charge is 0.305 e. The Morgan fingerprint density at radius 2 is 1.50 bits per heavy atom. The summed E-state index contributed by atoms with van der Waals surface area (Å²) in [5.74, 6) is -0.972. The predicted octanol–water partition coefficient (Wildman–Crippen LogP) is 0.111. The fraction of sp³-hybridized carbons (Fsp3) is 0.500. The topological polar surface area (TPSA) is 71.4 Å². The zero-order valence-electron chi connectivity index (χ0n) is 5.90. The Kier molecular flexibility index (Phi) is 9.05. The molecule has 0 aromatic rings. The summed E-state index contributed by atoms with van der Waals surface area (Å²) in [7, 11) is 0. The van der Waals surface area contributed by atoms with Gasteiger partial charge in [0.2, 0.25) is 0 Å². The van der Waals surface area contributed by atoms with E-state index in [4.69, 9.17) is 14.7 Å². The van der Waals surface area contributed by atoms with E-state index in [2.05, 4.69) is 0 Å². The van der Waals surface area contributed by atoms with Crippen LogP contribution in [0.4, 0.5) is 0 Å². The van der Waals surface area contributed by atoms with Crippen LogP contribution in [-0.2, 0) is 14.4 Å². The number of hydrogen-bond donors (Lipinski definition) is 1. The van der Waals surface area contributed by atoms with Crippen molar-refractivity contribution in [2.24, 2.45) is 5.92 Å². The van der Waals surface area contributed by atoms with Gasteiger partial charge in [0.15, 0.2) is 12.6 Å². The van der Waals surface area contributed by atoms with Crippen molar-refractivity contribution in [2.75, 3.05) is 0 Å². The second-order valence-electron chi connectivity index (χ2n) is 1.77. The van der Waals surface area contributed by atoms with Crippen LogP contribution in [-0.4, -0.2) is 23.6 Å². The Labute approximate surface area is 58.8 Å². The first kappa shape index (κ1) is 11.6. The van der Waals surface area contributed by atoms with Gasteiger partial charge in [-0.15, -0.1) is 0 Å². The average molecular weight is 146 g/mol. The Morgan fingerprint density at radius 3 is 1.50 bits per heavy atom. The molecule has 10 heavy (non-hydrogen) atoms. The predicted molar refractivity (Wildman–Crippen MR) is 34.6 cm³/mol. The number of aliphatic carboxylic acids is 1. The summed E-state index contributed by atoms with van der Waals surface area (Å²) >= 11 is 0. The molecular weight excluding hydrogens is 136 g/mol. The van der Waals surface area contributed by atoms with Gasteiger partial charge in [-0.25, -0.2) is 0 Å². The number of carboxylic acid groups (broad SMARTS) is 1. The van der Waals surface area contributed by atoms with Crippen LogP contribution in [0.1, 0.15) is 13.8 Å². The summed E-state index contributed by atoms with van der Waals surface area (Å²) in [4.78, 5) is 27.3. The molecule has 0 radical (unpaired) electrons. The molecule has 0 saturated carbocycles. The summed E-state index contributed by atoms with van der Waals surface area (Å²) in [6.45, 7) is 3.28. The highest BCUT2D eigenvalue weighted by molar-refractivity contribution is 6.09. The summed E-state index contributed by atoms with van der Waals surface area (Å²) in [5, 5.41) is 7.99. The van der Waals surface area contributed by atoms with Crippen molar-refractivity contribution in [3.05, 3.63) is 0 Å². The summed E-state index contributed by atoms with van der Waals surface area (Å²) < 4.78 is 0. The SMILES string of the molecule is CC(C)C(=O)O.O=CC=O. The third kappa shape index (κ3) is 15.8. The van der Waals surface area contributed by atoms with Gasteiger partial charge in [0.1, 0.15) is 0 Å². The van der Waals surface area contributed by atoms with Gasteiger partial charge in [0, 0.05) is 0 Å². The van der Waals surface area contributed by atoms with Gasteiger partial charge >= 0.3 is 5.97 Å². The third-order valence-electron chi connectivity index (χ3n) is 0.549. The van der Waals surface area contributed by atoms with Crippen LogP contribution in [0.5, 0.6) is 0 Å². The molecule has 1 N–H and O–H groups in total. The summed E-state index contributed by atoms with van der Waals surface area (Å²) in [6, 6.07) is 0. The second kappa shape index (κ2) is 7.81. The standard InChI is InChI=1S/C4H8O2.C2H2O2/c1-3(2)4(5)6;3-1-2-4/h3H,1-2H3,(H,5,6);1-2H. The van der Waals surface area contributed by atoms with Crippen LogP contribution in [0.3, 0.4) is 0 Å². The maximum atomic E-state index is 9.70. The monoisotopic (exact) mass is 146 g/mol. The van der Waals surface area contributed by atoms with Crippen molar-refractivity contribution >= 4 is 18.5 Å². The van der Waals surface area contributed by atoms with E-state index in [9.17, 15) is 4.79 Å². The van der Waals surface area contributed by atoms with E-state index in [0.717, 1.165) is 0 Å². The molecule has 0 aromatic carbocycles. The number of carbonyl (C=O) groups excluding carboxylic acids is 2. The van der Waals surface area contributed by atoms with Crippen LogP contribution in [0.25, 0.3) is 0 Å². The van der Waals surface area contributed by atoms with Gasteiger partial charge in [-0.1, -0.05) is 13.8 Å². The molecule has 0 aromatic heterocycles. The van der Waals surface area contributed by atoms with Crippen LogP contribution in [0, 0.1) is 5.92 Å². The molecular formula is C6H10O4. The van der Waals surface area contributed by atoms with Gasteiger partial charge in [-0.2, -0.15) is 0 Å². The lowest BCUT2D eigenvalue weighted by Crippen LogP contribution is -2.03. The number of carboxylic acids is 1. The largest absolute Gasteiger partial charge is 0.481 e. The average Bonchev–Trinajstić information content (AvgIpc) is 1.89. The molecule has 0 aliphatic carbocycles. The third-order valence-corrected chi connectivity index (χ3v) is 0.549. The number of carbonyl (C=O) groups is 3. The second-order valence-corrected chi connectivity index (χ2v) is 1.77. The van der Waals surface area contributed by atoms with Crippen molar-refractivity contribution in [3.63, 3.8) is 0 Å². The molecule has 0 saturated heterocycles. The van der Waals surface area contributed by atoms with Gasteiger partial charge in [-0.05, 0) is 0 Å². The van der Waals surface area contributed by atoms with Crippen LogP contribution >= 0.6 is 0 Å². The zero-order chi connectivity index (χ0) is 8.57. The fourth-order valence-corrected chi connectivity index (χ4v) is 0. The molecule has 0 bridgehead atoms. The highest BCUT2D eigenvalue weighted by atomic mass is 16.4. The number of aldehydes is 2. The molecule has 0 spiro atoms. The zero-order valence-corrected chi connectivity index (χ0v) is 5.90. The van der Waals surface area contributed by atoms with Gasteiger partial charge < -0.3 is 5.11 Å². The normalized spacial score (nSPS) is 7.50. The van der Waals surface area contributed by atoms with Crippen molar-refractivity contribution < 1.29 is 19.5 Å². The number of hydrogen-bond acceptors (Lipinski definition) is 3. The molecule has 0 amide bonds. The van der Waals surface area contributed by atoms with E-state index in [1.807, 2.05) is 0 Å². The van der Waals surface area contributed by atoms with Gasteiger partial charge in [-0.3, -0.25) is 14.4 Å². The van der Waals surface area contributed by atoms with E-state index in [0.29, 0.717) is 0 Å². The molecule has 0 fully saturated rings. The highest BCUT2D eigenvalue weighted by Crippen LogP contribution is 1.87. The molecule has 4 heteroatoms. The van der Waals surface area contributed by atoms with E-state index < -0.39 is 5.97 Å². The molecule has 0 aliphatic rings. The fourth-order valence-electron chi connectivity index (χ4n) is 0. The minimum absolute atomic E-state index is 0.194. The van der Waals surface area contributed by atoms with Gasteiger partial charge in [0.25, 0.3) is 0 Å². The van der Waals surface area contributed by atoms with Crippen LogP contribution in [0.15, 0.2) is 0 Å². The summed E-state index contributed by atoms with van der Waals surface area (Å²) in [5.41, 5.74) is 0. The first-order chi connectivity index (χ1) is 4.56. The van der Waals surface area contributed by atoms with E-state index in [1.54, 1.807) is 13.8 Å². The Bertz CT molecular complexity index is 111. The molecule has 0 heterocycles. The molecule has 0 atom stereocenters. The van der Waals surface area contributed by atoms with Crippen molar-refractivity contribution in [2.45, 2.75) is 13.8 Å². The first-order valence-corrected chi connectivity index (χ1v) is 2.68. The van der Waals surface area contributed by atoms with E-state index in [-0.39, 0.29) is 18.5 Å². The first-order valence-electron chi connectivity index (χ1n) is 2.68. The highest BCUT2D eigenvalue weighted by Gasteiger charge is 1.99. The Hall–Kier alpha value is -1.19. The van der Waals surface area contributed by atoms with Crippen molar-refractivity contribution in [1.82, 2.24) is 0 Å². The van der Waals surface area contributed by atoms with E-state index >= 15 is 0 Å². The maximum Gasteiger partial charge on any atom is 0.305 e. The van der Waals surface area contributed by atoms with Crippen LogP contribution in [0.2, 0.25) is 0 Å². The van der Waals surface area contributed by atoms with E-state index in [1.165, 1.54) is 0 Å². The van der Waals surface area contributed by atoms with Crippen molar-refractivity contribution in [1.29, 1.82) is 0 Å². The maximum absolute atomic E-state index is 9.70. The lowest BCUT2D eigenvalue weighted by atomic mass is 10.2. The molecule has 0 unspecified atom stereocenters. The lowest BCUT2D eigenvalue weighted by Gasteiger charge is -1.89. The molecule has 4 nitrogen and oxygen atoms in total.